The van der Waals surface area contributed by atoms with Gasteiger partial charge >= 0.3 is 0 Å². The molecule has 3 heterocycles. The molecule has 0 spiro atoms. The molecule has 0 saturated heterocycles. The van der Waals surface area contributed by atoms with Crippen molar-refractivity contribution in [2.45, 2.75) is 6.61 Å². The van der Waals surface area contributed by atoms with Gasteiger partial charge in [0.2, 0.25) is 4.96 Å². The molecule has 6 aromatic rings. The number of hydrogen-bond acceptors (Lipinski definition) is 9. The minimum absolute atomic E-state index is 0.231. The van der Waals surface area contributed by atoms with E-state index in [1.54, 1.807) is 62.4 Å². The van der Waals surface area contributed by atoms with E-state index in [1.165, 1.54) is 11.3 Å². The van der Waals surface area contributed by atoms with E-state index < -0.39 is 0 Å². The molecule has 0 radical (unpaired) electrons. The maximum Gasteiger partial charge on any atom is 0.294 e. The van der Waals surface area contributed by atoms with E-state index in [-0.39, 0.29) is 12.5 Å². The maximum atomic E-state index is 12.7. The highest BCUT2D eigenvalue weighted by Gasteiger charge is 2.17. The second-order valence-electron chi connectivity index (χ2n) is 8.75. The number of benzene rings is 3. The summed E-state index contributed by atoms with van der Waals surface area (Å²) in [5.74, 6) is 2.15. The average molecular weight is 557 g/mol. The molecule has 40 heavy (non-hydrogen) atoms. The first-order valence-corrected chi connectivity index (χ1v) is 13.0. The second-order valence-corrected chi connectivity index (χ2v) is 9.67. The van der Waals surface area contributed by atoms with E-state index in [0.29, 0.717) is 55.7 Å². The van der Waals surface area contributed by atoms with Crippen molar-refractivity contribution in [3.8, 4) is 33.9 Å². The van der Waals surface area contributed by atoms with Crippen LogP contribution in [0.2, 0.25) is 0 Å². The van der Waals surface area contributed by atoms with Crippen molar-refractivity contribution in [2.75, 3.05) is 26.6 Å². The first-order valence-electron chi connectivity index (χ1n) is 12.2. The molecule has 0 atom stereocenters. The number of fused-ring (bicyclic) bond motifs is 2. The summed E-state index contributed by atoms with van der Waals surface area (Å²) in [6.07, 6.45) is 1.79. The van der Waals surface area contributed by atoms with Crippen molar-refractivity contribution in [3.63, 3.8) is 0 Å². The van der Waals surface area contributed by atoms with Crippen LogP contribution in [0.25, 0.3) is 27.4 Å². The minimum atomic E-state index is -0.231. The molecule has 0 unspecified atom stereocenters. The van der Waals surface area contributed by atoms with Gasteiger partial charge in [0.25, 0.3) is 11.1 Å². The Labute approximate surface area is 232 Å². The van der Waals surface area contributed by atoms with Gasteiger partial charge in [0.05, 0.1) is 32.9 Å². The van der Waals surface area contributed by atoms with E-state index in [1.807, 2.05) is 36.4 Å². The monoisotopic (exact) mass is 556 g/mol. The summed E-state index contributed by atoms with van der Waals surface area (Å²) in [4.78, 5) is 18.0. The number of rotatable bonds is 9. The number of imidazole rings is 1. The van der Waals surface area contributed by atoms with E-state index >= 15 is 0 Å². The Kier molecular flexibility index (Phi) is 6.71. The number of furan rings is 1. The van der Waals surface area contributed by atoms with Gasteiger partial charge < -0.3 is 28.7 Å². The fourth-order valence-corrected chi connectivity index (χ4v) is 4.90. The molecule has 202 valence electrons. The molecule has 0 aliphatic heterocycles. The Morgan fingerprint density at radius 3 is 2.62 bits per heavy atom. The number of carbonyl (C=O) groups is 1. The smallest absolute Gasteiger partial charge is 0.294 e. The lowest BCUT2D eigenvalue weighted by molar-refractivity contribution is 0.102. The molecule has 10 nitrogen and oxygen atoms in total. The highest BCUT2D eigenvalue weighted by atomic mass is 32.1. The highest BCUT2D eigenvalue weighted by molar-refractivity contribution is 7.18. The van der Waals surface area contributed by atoms with Crippen molar-refractivity contribution in [2.24, 2.45) is 0 Å². The summed E-state index contributed by atoms with van der Waals surface area (Å²) in [5.41, 5.74) is 3.27. The van der Waals surface area contributed by atoms with Crippen molar-refractivity contribution in [3.05, 3.63) is 84.1 Å². The van der Waals surface area contributed by atoms with Crippen LogP contribution >= 0.6 is 11.3 Å². The number of nitrogens with one attached hydrogen (secondary N) is 1. The van der Waals surface area contributed by atoms with Crippen LogP contribution in [-0.4, -0.2) is 41.8 Å². The van der Waals surface area contributed by atoms with E-state index in [4.69, 9.17) is 23.4 Å². The summed E-state index contributed by atoms with van der Waals surface area (Å²) in [6, 6.07) is 20.0. The molecule has 0 fully saturated rings. The van der Waals surface area contributed by atoms with Crippen LogP contribution < -0.4 is 24.3 Å². The van der Waals surface area contributed by atoms with Crippen molar-refractivity contribution in [1.29, 1.82) is 0 Å². The molecule has 0 saturated carbocycles. The zero-order valence-corrected chi connectivity index (χ0v) is 22.7. The zero-order valence-electron chi connectivity index (χ0n) is 21.8. The van der Waals surface area contributed by atoms with Crippen LogP contribution in [0, 0.1) is 0 Å². The first kappa shape index (κ1) is 25.3. The van der Waals surface area contributed by atoms with Gasteiger partial charge in [-0.1, -0.05) is 18.2 Å². The summed E-state index contributed by atoms with van der Waals surface area (Å²) >= 11 is 1.34. The SMILES string of the molecule is COc1cccc(C(=O)Nc2cccc(COc3cc(OC)cc4oc(-c5cn6nc(OC)sc6n5)cc34)c2)c1. The summed E-state index contributed by atoms with van der Waals surface area (Å²) in [6.45, 7) is 0.259. The van der Waals surface area contributed by atoms with Crippen LogP contribution in [0.5, 0.6) is 22.4 Å². The van der Waals surface area contributed by atoms with Gasteiger partial charge in [-0.05, 0) is 53.3 Å². The van der Waals surface area contributed by atoms with Gasteiger partial charge in [-0.2, -0.15) is 0 Å². The fourth-order valence-electron chi connectivity index (χ4n) is 4.20. The predicted octanol–water partition coefficient (Wildman–Crippen LogP) is 6.06. The molecule has 0 aliphatic rings. The Morgan fingerprint density at radius 1 is 0.975 bits per heavy atom. The zero-order chi connectivity index (χ0) is 27.6. The molecule has 3 aromatic carbocycles. The van der Waals surface area contributed by atoms with Crippen LogP contribution in [0.3, 0.4) is 0 Å². The molecule has 3 aromatic heterocycles. The quantitative estimate of drug-likeness (QED) is 0.229. The number of carbonyl (C=O) groups excluding carboxylic acids is 1. The fraction of sp³-hybridized carbons (Fsp3) is 0.138. The number of anilines is 1. The molecular weight excluding hydrogens is 532 g/mol. The average Bonchev–Trinajstić information content (AvgIpc) is 3.69. The first-order chi connectivity index (χ1) is 19.5. The molecule has 6 rings (SSSR count). The minimum Gasteiger partial charge on any atom is -0.497 e. The van der Waals surface area contributed by atoms with Crippen LogP contribution in [0.15, 0.2) is 77.3 Å². The maximum absolute atomic E-state index is 12.7. The topological polar surface area (TPSA) is 109 Å². The van der Waals surface area contributed by atoms with Crippen molar-refractivity contribution in [1.82, 2.24) is 14.6 Å². The number of amides is 1. The highest BCUT2D eigenvalue weighted by Crippen LogP contribution is 2.37. The van der Waals surface area contributed by atoms with Crippen LogP contribution in [0.4, 0.5) is 5.69 Å². The van der Waals surface area contributed by atoms with Gasteiger partial charge in [0.15, 0.2) is 5.76 Å². The largest absolute Gasteiger partial charge is 0.497 e. The van der Waals surface area contributed by atoms with Gasteiger partial charge in [0, 0.05) is 23.4 Å². The Hall–Kier alpha value is -5.03. The standard InChI is InChI=1S/C29H24N4O6S/c1-35-20-9-5-7-18(11-20)27(34)30-19-8-4-6-17(10-19)16-38-24-12-21(36-2)13-25-22(24)14-26(39-25)23-15-33-28(31-23)40-29(32-33)37-3/h4-15H,16H2,1-3H3,(H,30,34). The molecule has 0 aliphatic carbocycles. The number of methoxy groups -OCH3 is 3. The molecule has 11 heteroatoms. The van der Waals surface area contributed by atoms with Crippen LogP contribution in [-0.2, 0) is 6.61 Å². The number of nitrogens with zero attached hydrogens (tertiary/aromatic N) is 3. The second kappa shape index (κ2) is 10.6. The van der Waals surface area contributed by atoms with Crippen molar-refractivity contribution < 1.29 is 28.2 Å². The lowest BCUT2D eigenvalue weighted by atomic mass is 10.1. The van der Waals surface area contributed by atoms with Gasteiger partial charge in [0.1, 0.15) is 35.1 Å². The van der Waals surface area contributed by atoms with Gasteiger partial charge in [-0.3, -0.25) is 4.79 Å². The van der Waals surface area contributed by atoms with E-state index in [0.717, 1.165) is 10.9 Å². The molecule has 1 amide bonds. The van der Waals surface area contributed by atoms with E-state index in [9.17, 15) is 4.79 Å². The van der Waals surface area contributed by atoms with Crippen molar-refractivity contribution >= 4 is 38.9 Å². The Bertz CT molecular complexity index is 1810. The molecule has 0 bridgehead atoms. The summed E-state index contributed by atoms with van der Waals surface area (Å²) in [7, 11) is 4.73. The lowest BCUT2D eigenvalue weighted by Gasteiger charge is -2.11. The number of aromatic nitrogens is 3. The Morgan fingerprint density at radius 2 is 1.82 bits per heavy atom. The summed E-state index contributed by atoms with van der Waals surface area (Å²) in [5, 5.41) is 8.56. The normalized spacial score (nSPS) is 11.1. The summed E-state index contributed by atoms with van der Waals surface area (Å²) < 4.78 is 29.9. The van der Waals surface area contributed by atoms with Gasteiger partial charge in [-0.15, -0.1) is 5.10 Å². The van der Waals surface area contributed by atoms with Crippen LogP contribution in [0.1, 0.15) is 15.9 Å². The molecule has 1 N–H and O–H groups in total. The molecular formula is C29H24N4O6S. The predicted molar refractivity (Wildman–Crippen MR) is 151 cm³/mol. The van der Waals surface area contributed by atoms with E-state index in [2.05, 4.69) is 15.4 Å². The Balaban J connectivity index is 1.22. The lowest BCUT2D eigenvalue weighted by Crippen LogP contribution is -2.12. The third-order valence-corrected chi connectivity index (χ3v) is 7.06. The third kappa shape index (κ3) is 5.02. The number of hydrogen-bond donors (Lipinski definition) is 1. The third-order valence-electron chi connectivity index (χ3n) is 6.17. The number of ether oxygens (including phenoxy) is 4. The van der Waals surface area contributed by atoms with Gasteiger partial charge in [-0.25, -0.2) is 9.50 Å².